The predicted octanol–water partition coefficient (Wildman–Crippen LogP) is 4.59. The molecule has 4 heteroatoms. The minimum atomic E-state index is -0.204. The average molecular weight is 318 g/mol. The van der Waals surface area contributed by atoms with Crippen molar-refractivity contribution in [2.24, 2.45) is 0 Å². The van der Waals surface area contributed by atoms with Gasteiger partial charge in [-0.1, -0.05) is 29.8 Å². The molecule has 0 aliphatic heterocycles. The molecule has 0 unspecified atom stereocenters. The molecule has 3 nitrogen and oxygen atoms in total. The molecule has 0 atom stereocenters. The van der Waals surface area contributed by atoms with Crippen LogP contribution in [0.3, 0.4) is 0 Å². The molecule has 0 spiro atoms. The van der Waals surface area contributed by atoms with E-state index in [1.165, 1.54) is 0 Å². The lowest BCUT2D eigenvalue weighted by atomic mass is 10.1. The first-order chi connectivity index (χ1) is 10.4. The van der Waals surface area contributed by atoms with E-state index in [4.69, 9.17) is 16.3 Å². The minimum absolute atomic E-state index is 0.0724. The molecule has 0 bridgehead atoms. The van der Waals surface area contributed by atoms with Gasteiger partial charge in [-0.05, 0) is 62.1 Å². The molecule has 0 fully saturated rings. The van der Waals surface area contributed by atoms with Crippen molar-refractivity contribution in [1.29, 1.82) is 0 Å². The zero-order chi connectivity index (χ0) is 16.3. The number of hydrogen-bond donors (Lipinski definition) is 1. The van der Waals surface area contributed by atoms with Crippen molar-refractivity contribution in [3.05, 3.63) is 57.6 Å². The van der Waals surface area contributed by atoms with Gasteiger partial charge in [-0.15, -0.1) is 0 Å². The monoisotopic (exact) mass is 317 g/mol. The van der Waals surface area contributed by atoms with E-state index in [0.717, 1.165) is 27.9 Å². The summed E-state index contributed by atoms with van der Waals surface area (Å²) >= 11 is 6.17. The van der Waals surface area contributed by atoms with E-state index >= 15 is 0 Å². The molecule has 0 aromatic heterocycles. The van der Waals surface area contributed by atoms with Crippen LogP contribution in [0.15, 0.2) is 30.3 Å². The number of rotatable bonds is 4. The van der Waals surface area contributed by atoms with Gasteiger partial charge in [0.15, 0.2) is 6.61 Å². The van der Waals surface area contributed by atoms with Crippen LogP contribution in [0.25, 0.3) is 0 Å². The molecule has 2 aromatic rings. The van der Waals surface area contributed by atoms with E-state index in [1.54, 1.807) is 0 Å². The molecule has 1 amide bonds. The van der Waals surface area contributed by atoms with Gasteiger partial charge in [0.25, 0.3) is 5.91 Å². The van der Waals surface area contributed by atoms with Crippen LogP contribution in [-0.2, 0) is 4.79 Å². The zero-order valence-electron chi connectivity index (χ0n) is 13.3. The van der Waals surface area contributed by atoms with Crippen molar-refractivity contribution >= 4 is 23.2 Å². The summed E-state index contributed by atoms with van der Waals surface area (Å²) in [6.07, 6.45) is 0. The Hall–Kier alpha value is -2.00. The van der Waals surface area contributed by atoms with Crippen LogP contribution in [0.4, 0.5) is 5.69 Å². The van der Waals surface area contributed by atoms with Crippen molar-refractivity contribution in [1.82, 2.24) is 0 Å². The summed E-state index contributed by atoms with van der Waals surface area (Å²) in [4.78, 5) is 12.1. The smallest absolute Gasteiger partial charge is 0.262 e. The fourth-order valence-corrected chi connectivity index (χ4v) is 2.67. The second-order valence-electron chi connectivity index (χ2n) is 5.48. The number of nitrogens with one attached hydrogen (secondary N) is 1. The third-order valence-electron chi connectivity index (χ3n) is 3.60. The Morgan fingerprint density at radius 3 is 2.55 bits per heavy atom. The zero-order valence-corrected chi connectivity index (χ0v) is 14.0. The number of halogens is 1. The minimum Gasteiger partial charge on any atom is -0.482 e. The fourth-order valence-electron chi connectivity index (χ4n) is 2.30. The van der Waals surface area contributed by atoms with Crippen LogP contribution < -0.4 is 10.1 Å². The van der Waals surface area contributed by atoms with Crippen LogP contribution >= 0.6 is 11.6 Å². The van der Waals surface area contributed by atoms with Gasteiger partial charge in [0.2, 0.25) is 0 Å². The number of ether oxygens (including phenoxy) is 1. The van der Waals surface area contributed by atoms with Gasteiger partial charge in [0, 0.05) is 5.69 Å². The average Bonchev–Trinajstić information content (AvgIpc) is 2.42. The summed E-state index contributed by atoms with van der Waals surface area (Å²) in [5.41, 5.74) is 4.98. The number of carbonyl (C=O) groups is 1. The highest BCUT2D eigenvalue weighted by molar-refractivity contribution is 6.32. The molecule has 0 aliphatic carbocycles. The second-order valence-corrected chi connectivity index (χ2v) is 5.88. The number of amides is 1. The normalized spacial score (nSPS) is 10.4. The van der Waals surface area contributed by atoms with Crippen LogP contribution in [0.5, 0.6) is 5.75 Å². The lowest BCUT2D eigenvalue weighted by Crippen LogP contribution is -2.21. The molecular weight excluding hydrogens is 298 g/mol. The summed E-state index contributed by atoms with van der Waals surface area (Å²) in [7, 11) is 0. The summed E-state index contributed by atoms with van der Waals surface area (Å²) in [6, 6.07) is 9.61. The van der Waals surface area contributed by atoms with Crippen molar-refractivity contribution < 1.29 is 9.53 Å². The molecule has 1 N–H and O–H groups in total. The van der Waals surface area contributed by atoms with Gasteiger partial charge in [-0.25, -0.2) is 0 Å². The Kier molecular flexibility index (Phi) is 5.09. The molecular formula is C18H20ClNO2. The van der Waals surface area contributed by atoms with Gasteiger partial charge in [-0.3, -0.25) is 4.79 Å². The second kappa shape index (κ2) is 6.84. The summed E-state index contributed by atoms with van der Waals surface area (Å²) in [6.45, 7) is 7.80. The molecule has 0 aliphatic rings. The third kappa shape index (κ3) is 3.80. The lowest BCUT2D eigenvalue weighted by molar-refractivity contribution is -0.118. The maximum absolute atomic E-state index is 12.1. The topological polar surface area (TPSA) is 38.3 Å². The first-order valence-corrected chi connectivity index (χ1v) is 7.52. The van der Waals surface area contributed by atoms with E-state index < -0.39 is 0 Å². The molecule has 22 heavy (non-hydrogen) atoms. The molecule has 0 saturated carbocycles. The van der Waals surface area contributed by atoms with Gasteiger partial charge < -0.3 is 10.1 Å². The first kappa shape index (κ1) is 16.4. The van der Waals surface area contributed by atoms with Gasteiger partial charge in [0.05, 0.1) is 5.02 Å². The van der Waals surface area contributed by atoms with Crippen molar-refractivity contribution in [3.63, 3.8) is 0 Å². The van der Waals surface area contributed by atoms with Crippen LogP contribution in [0.1, 0.15) is 22.3 Å². The van der Waals surface area contributed by atoms with Gasteiger partial charge in [0.1, 0.15) is 5.75 Å². The van der Waals surface area contributed by atoms with Crippen LogP contribution in [-0.4, -0.2) is 12.5 Å². The molecule has 0 radical (unpaired) electrons. The highest BCUT2D eigenvalue weighted by Gasteiger charge is 2.11. The van der Waals surface area contributed by atoms with Crippen LogP contribution in [0.2, 0.25) is 5.02 Å². The van der Waals surface area contributed by atoms with E-state index in [0.29, 0.717) is 10.8 Å². The molecule has 0 heterocycles. The lowest BCUT2D eigenvalue weighted by Gasteiger charge is -2.13. The number of anilines is 1. The van der Waals surface area contributed by atoms with Crippen molar-refractivity contribution in [2.75, 3.05) is 11.9 Å². The Morgan fingerprint density at radius 1 is 1.14 bits per heavy atom. The molecule has 2 aromatic carbocycles. The van der Waals surface area contributed by atoms with Crippen LogP contribution in [0, 0.1) is 27.7 Å². The van der Waals surface area contributed by atoms with E-state index in [1.807, 2.05) is 58.0 Å². The Labute approximate surface area is 136 Å². The Morgan fingerprint density at radius 2 is 1.86 bits per heavy atom. The number of benzene rings is 2. The highest BCUT2D eigenvalue weighted by atomic mass is 35.5. The summed E-state index contributed by atoms with van der Waals surface area (Å²) in [5, 5.41) is 3.39. The summed E-state index contributed by atoms with van der Waals surface area (Å²) in [5.74, 6) is 0.355. The number of hydrogen-bond acceptors (Lipinski definition) is 2. The van der Waals surface area contributed by atoms with Gasteiger partial charge >= 0.3 is 0 Å². The van der Waals surface area contributed by atoms with E-state index in [2.05, 4.69) is 5.32 Å². The van der Waals surface area contributed by atoms with E-state index in [9.17, 15) is 4.79 Å². The predicted molar refractivity (Wildman–Crippen MR) is 91.0 cm³/mol. The van der Waals surface area contributed by atoms with Crippen molar-refractivity contribution in [3.8, 4) is 5.75 Å². The summed E-state index contributed by atoms with van der Waals surface area (Å²) < 4.78 is 5.58. The van der Waals surface area contributed by atoms with Gasteiger partial charge in [-0.2, -0.15) is 0 Å². The molecule has 116 valence electrons. The molecule has 0 saturated heterocycles. The maximum Gasteiger partial charge on any atom is 0.262 e. The molecule has 2 rings (SSSR count). The standard InChI is InChI=1S/C18H20ClNO2/c1-11-8-13(3)18(15(19)9-11)22-10-17(21)20-16-7-5-6-12(2)14(16)4/h5-9H,10H2,1-4H3,(H,20,21). The highest BCUT2D eigenvalue weighted by Crippen LogP contribution is 2.29. The Balaban J connectivity index is 2.03. The Bertz CT molecular complexity index is 687. The quantitative estimate of drug-likeness (QED) is 0.895. The van der Waals surface area contributed by atoms with E-state index in [-0.39, 0.29) is 12.5 Å². The third-order valence-corrected chi connectivity index (χ3v) is 3.88. The number of aryl methyl sites for hydroxylation is 3. The first-order valence-electron chi connectivity index (χ1n) is 7.14. The number of carbonyl (C=O) groups excluding carboxylic acids is 1. The largest absolute Gasteiger partial charge is 0.482 e. The maximum atomic E-state index is 12.1. The SMILES string of the molecule is Cc1cc(C)c(OCC(=O)Nc2cccc(C)c2C)c(Cl)c1. The fraction of sp³-hybridized carbons (Fsp3) is 0.278. The van der Waals surface area contributed by atoms with Crippen molar-refractivity contribution in [2.45, 2.75) is 27.7 Å².